The second kappa shape index (κ2) is 3.91. The van der Waals surface area contributed by atoms with E-state index in [-0.39, 0.29) is 5.41 Å². The lowest BCUT2D eigenvalue weighted by molar-refractivity contribution is 0.0693. The first-order valence-corrected chi connectivity index (χ1v) is 5.45. The van der Waals surface area contributed by atoms with Crippen molar-refractivity contribution in [3.05, 3.63) is 35.4 Å². The maximum atomic E-state index is 11.1. The molecule has 0 unspecified atom stereocenters. The van der Waals surface area contributed by atoms with Crippen molar-refractivity contribution in [2.24, 2.45) is 0 Å². The van der Waals surface area contributed by atoms with Crippen molar-refractivity contribution in [1.82, 2.24) is 0 Å². The second-order valence-corrected chi connectivity index (χ2v) is 4.89. The molecule has 16 heavy (non-hydrogen) atoms. The van der Waals surface area contributed by atoms with Gasteiger partial charge in [-0.2, -0.15) is 0 Å². The predicted octanol–water partition coefficient (Wildman–Crippen LogP) is 2.45. The number of rotatable bonds is 4. The number of ether oxygens (including phenoxy) is 1. The van der Waals surface area contributed by atoms with Gasteiger partial charge in [0.1, 0.15) is 0 Å². The van der Waals surface area contributed by atoms with Gasteiger partial charge in [0.2, 0.25) is 0 Å². The molecule has 0 aromatic heterocycles. The molecule has 3 heteroatoms. The molecule has 1 aliphatic heterocycles. The Balaban J connectivity index is 2.33. The fraction of sp³-hybridized carbons (Fsp3) is 0.462. The second-order valence-electron chi connectivity index (χ2n) is 4.89. The highest BCUT2D eigenvalue weighted by Crippen LogP contribution is 2.34. The lowest BCUT2D eigenvalue weighted by atomic mass is 9.78. The summed E-state index contributed by atoms with van der Waals surface area (Å²) in [6.07, 6.45) is 1.17. The van der Waals surface area contributed by atoms with Crippen LogP contribution in [0, 0.1) is 0 Å². The minimum absolute atomic E-state index is 0.157. The highest BCUT2D eigenvalue weighted by atomic mass is 16.6. The number of benzene rings is 1. The molecule has 1 saturated heterocycles. The number of carbonyl (C=O) groups is 1. The van der Waals surface area contributed by atoms with Crippen LogP contribution in [0.25, 0.3) is 0 Å². The number of carboxylic acids is 1. The van der Waals surface area contributed by atoms with Crippen molar-refractivity contribution in [3.8, 4) is 0 Å². The molecule has 0 bridgehead atoms. The van der Waals surface area contributed by atoms with Crippen molar-refractivity contribution in [3.63, 3.8) is 0 Å². The van der Waals surface area contributed by atoms with Crippen LogP contribution in [0.4, 0.5) is 0 Å². The van der Waals surface area contributed by atoms with Gasteiger partial charge in [-0.15, -0.1) is 0 Å². The Kier molecular flexibility index (Phi) is 2.72. The van der Waals surface area contributed by atoms with Crippen LogP contribution in [0.5, 0.6) is 0 Å². The number of hydrogen-bond acceptors (Lipinski definition) is 2. The number of carboxylic acid groups (broad SMARTS) is 1. The maximum absolute atomic E-state index is 11.1. The zero-order valence-electron chi connectivity index (χ0n) is 9.56. The molecule has 2 rings (SSSR count). The quantitative estimate of drug-likeness (QED) is 0.793. The van der Waals surface area contributed by atoms with E-state index in [1.807, 2.05) is 12.1 Å². The molecule has 0 amide bonds. The van der Waals surface area contributed by atoms with Crippen molar-refractivity contribution >= 4 is 5.97 Å². The van der Waals surface area contributed by atoms with Crippen LogP contribution < -0.4 is 0 Å². The van der Waals surface area contributed by atoms with Gasteiger partial charge in [0.25, 0.3) is 0 Å². The van der Waals surface area contributed by atoms with Gasteiger partial charge in [0, 0.05) is 0 Å². The molecule has 1 aromatic rings. The van der Waals surface area contributed by atoms with Crippen LogP contribution in [0.3, 0.4) is 0 Å². The molecule has 0 radical (unpaired) electrons. The molecule has 1 N–H and O–H groups in total. The molecule has 1 heterocycles. The summed E-state index contributed by atoms with van der Waals surface area (Å²) in [7, 11) is 0. The van der Waals surface area contributed by atoms with E-state index in [9.17, 15) is 4.79 Å². The highest BCUT2D eigenvalue weighted by molar-refractivity contribution is 5.89. The van der Waals surface area contributed by atoms with Gasteiger partial charge in [-0.25, -0.2) is 4.79 Å². The van der Waals surface area contributed by atoms with Crippen LogP contribution in [0.2, 0.25) is 0 Å². The van der Waals surface area contributed by atoms with Gasteiger partial charge in [0.15, 0.2) is 0 Å². The van der Waals surface area contributed by atoms with Crippen LogP contribution >= 0.6 is 0 Å². The van der Waals surface area contributed by atoms with Crippen molar-refractivity contribution < 1.29 is 14.6 Å². The number of aromatic carboxylic acids is 1. The summed E-state index contributed by atoms with van der Waals surface area (Å²) in [4.78, 5) is 11.1. The zero-order valence-corrected chi connectivity index (χ0v) is 9.56. The Bertz CT molecular complexity index is 405. The first kappa shape index (κ1) is 11.1. The molecule has 1 fully saturated rings. The molecule has 86 valence electrons. The standard InChI is InChI=1S/C13H16O3/c1-13(2,7-9-8-16-9)11-6-4-3-5-10(11)12(14)15/h3-6,9H,7-8H2,1-2H3,(H,14,15)/t9-/m1/s1. The third-order valence-corrected chi connectivity index (χ3v) is 3.03. The maximum Gasteiger partial charge on any atom is 0.335 e. The highest BCUT2D eigenvalue weighted by Gasteiger charge is 2.34. The van der Waals surface area contributed by atoms with Gasteiger partial charge in [-0.3, -0.25) is 0 Å². The van der Waals surface area contributed by atoms with E-state index >= 15 is 0 Å². The van der Waals surface area contributed by atoms with Gasteiger partial charge >= 0.3 is 5.97 Å². The van der Waals surface area contributed by atoms with Crippen molar-refractivity contribution in [1.29, 1.82) is 0 Å². The van der Waals surface area contributed by atoms with E-state index in [0.717, 1.165) is 18.6 Å². The van der Waals surface area contributed by atoms with Crippen molar-refractivity contribution in [2.45, 2.75) is 31.8 Å². The first-order valence-electron chi connectivity index (χ1n) is 5.45. The Morgan fingerprint density at radius 1 is 1.50 bits per heavy atom. The Morgan fingerprint density at radius 2 is 2.12 bits per heavy atom. The van der Waals surface area contributed by atoms with Crippen LogP contribution in [0.1, 0.15) is 36.2 Å². The predicted molar refractivity (Wildman–Crippen MR) is 60.8 cm³/mol. The molecule has 0 saturated carbocycles. The Morgan fingerprint density at radius 3 is 2.69 bits per heavy atom. The fourth-order valence-corrected chi connectivity index (χ4v) is 2.12. The third-order valence-electron chi connectivity index (χ3n) is 3.03. The number of hydrogen-bond donors (Lipinski definition) is 1. The monoisotopic (exact) mass is 220 g/mol. The molecular formula is C13H16O3. The van der Waals surface area contributed by atoms with E-state index in [0.29, 0.717) is 11.7 Å². The summed E-state index contributed by atoms with van der Waals surface area (Å²) in [5.41, 5.74) is 1.13. The van der Waals surface area contributed by atoms with Gasteiger partial charge < -0.3 is 9.84 Å². The molecule has 1 aromatic carbocycles. The summed E-state index contributed by atoms with van der Waals surface area (Å²) in [5, 5.41) is 9.15. The fourth-order valence-electron chi connectivity index (χ4n) is 2.12. The van der Waals surface area contributed by atoms with E-state index in [2.05, 4.69) is 13.8 Å². The topological polar surface area (TPSA) is 49.8 Å². The summed E-state index contributed by atoms with van der Waals surface area (Å²) in [6.45, 7) is 4.94. The van der Waals surface area contributed by atoms with Crippen LogP contribution in [0.15, 0.2) is 24.3 Å². The van der Waals surface area contributed by atoms with Crippen LogP contribution in [-0.2, 0) is 10.2 Å². The smallest absolute Gasteiger partial charge is 0.335 e. The normalized spacial score (nSPS) is 19.5. The first-order chi connectivity index (χ1) is 7.50. The average molecular weight is 220 g/mol. The van der Waals surface area contributed by atoms with Crippen molar-refractivity contribution in [2.75, 3.05) is 6.61 Å². The lowest BCUT2D eigenvalue weighted by Gasteiger charge is -2.26. The van der Waals surface area contributed by atoms with E-state index < -0.39 is 5.97 Å². The molecule has 0 spiro atoms. The minimum Gasteiger partial charge on any atom is -0.478 e. The summed E-state index contributed by atoms with van der Waals surface area (Å²) in [5.74, 6) is -0.861. The SMILES string of the molecule is CC(C)(C[C@@H]1CO1)c1ccccc1C(=O)O. The molecule has 0 aliphatic carbocycles. The molecule has 1 atom stereocenters. The van der Waals surface area contributed by atoms with Gasteiger partial charge in [-0.05, 0) is 23.5 Å². The largest absolute Gasteiger partial charge is 0.478 e. The zero-order chi connectivity index (χ0) is 11.8. The van der Waals surface area contributed by atoms with E-state index in [1.165, 1.54) is 0 Å². The summed E-state index contributed by atoms with van der Waals surface area (Å²) in [6, 6.07) is 7.20. The Hall–Kier alpha value is -1.35. The van der Waals surface area contributed by atoms with Gasteiger partial charge in [0.05, 0.1) is 18.3 Å². The third kappa shape index (κ3) is 2.25. The minimum atomic E-state index is -0.861. The van der Waals surface area contributed by atoms with E-state index in [4.69, 9.17) is 9.84 Å². The average Bonchev–Trinajstić information content (AvgIpc) is 3.01. The molecular weight excluding hydrogens is 204 g/mol. The van der Waals surface area contributed by atoms with E-state index in [1.54, 1.807) is 12.1 Å². The van der Waals surface area contributed by atoms with Gasteiger partial charge in [-0.1, -0.05) is 32.0 Å². The summed E-state index contributed by atoms with van der Waals surface area (Å²) < 4.78 is 5.22. The lowest BCUT2D eigenvalue weighted by Crippen LogP contribution is -2.23. The molecule has 1 aliphatic rings. The molecule has 3 nitrogen and oxygen atoms in total. The summed E-state index contributed by atoms with van der Waals surface area (Å²) >= 11 is 0. The van der Waals surface area contributed by atoms with Crippen LogP contribution in [-0.4, -0.2) is 23.8 Å². The Labute approximate surface area is 95.0 Å². The number of epoxide rings is 1.